The molecule has 0 saturated carbocycles. The maximum Gasteiger partial charge on any atom is 0.109 e. The van der Waals surface area contributed by atoms with Crippen molar-refractivity contribution in [2.45, 2.75) is 12.5 Å². The molecule has 0 amide bonds. The molecule has 0 fully saturated rings. The minimum absolute atomic E-state index is 0. The van der Waals surface area contributed by atoms with Crippen molar-refractivity contribution in [2.75, 3.05) is 19.9 Å². The molecule has 16 heavy (non-hydrogen) atoms. The molecule has 0 spiro atoms. The first kappa shape index (κ1) is 15.7. The zero-order valence-electron chi connectivity index (χ0n) is 9.59. The molecular weight excluding hydrogens is 245 g/mol. The van der Waals surface area contributed by atoms with Crippen molar-refractivity contribution in [2.24, 2.45) is 5.73 Å². The summed E-state index contributed by atoms with van der Waals surface area (Å²) in [5, 5.41) is 9.69. The Labute approximate surface area is 103 Å². The van der Waals surface area contributed by atoms with Gasteiger partial charge < -0.3 is 15.4 Å². The molecule has 1 rings (SSSR count). The van der Waals surface area contributed by atoms with E-state index in [4.69, 9.17) is 10.8 Å². The summed E-state index contributed by atoms with van der Waals surface area (Å²) in [6.45, 7) is 3.49. The van der Waals surface area contributed by atoms with Crippen LogP contribution in [-0.2, 0) is 11.0 Å². The molecule has 3 nitrogen and oxygen atoms in total. The third-order valence-electron chi connectivity index (χ3n) is 2.29. The Morgan fingerprint density at radius 1 is 1.31 bits per heavy atom. The maximum absolute atomic E-state index is 11.7. The van der Waals surface area contributed by atoms with Crippen LogP contribution in [0, 0.1) is 0 Å². The Morgan fingerprint density at radius 3 is 2.19 bits per heavy atom. The van der Waals surface area contributed by atoms with Crippen LogP contribution in [0.5, 0.6) is 0 Å². The Hall–Kier alpha value is -0.340. The summed E-state index contributed by atoms with van der Waals surface area (Å²) in [6.07, 6.45) is 0.647. The molecule has 0 heterocycles. The maximum atomic E-state index is 11.7. The third kappa shape index (κ3) is 4.67. The van der Waals surface area contributed by atoms with Gasteiger partial charge in [0.05, 0.1) is 6.61 Å². The van der Waals surface area contributed by atoms with E-state index in [1.165, 1.54) is 0 Å². The normalized spacial score (nSPS) is 13.0. The van der Waals surface area contributed by atoms with Gasteiger partial charge in [-0.05, 0) is 25.3 Å². The predicted molar refractivity (Wildman–Crippen MR) is 71.5 cm³/mol. The van der Waals surface area contributed by atoms with Crippen LogP contribution in [0.15, 0.2) is 24.3 Å². The third-order valence-corrected chi connectivity index (χ3v) is 3.83. The standard InChI is InChI=1S/C11H18NO2P.ClH/c1-15(2,14)11-5-3-9(4-6-11)7-10(12)8-13;/h3-6,10,13H,7-8,12H2,1-2H3;1H. The van der Waals surface area contributed by atoms with E-state index in [1.54, 1.807) is 13.3 Å². The van der Waals surface area contributed by atoms with Crippen molar-refractivity contribution >= 4 is 24.9 Å². The Balaban J connectivity index is 0.00000225. The number of halogens is 1. The molecule has 1 aromatic carbocycles. The monoisotopic (exact) mass is 263 g/mol. The van der Waals surface area contributed by atoms with Gasteiger partial charge in [-0.1, -0.05) is 24.3 Å². The highest BCUT2D eigenvalue weighted by Gasteiger charge is 2.10. The smallest absolute Gasteiger partial charge is 0.109 e. The van der Waals surface area contributed by atoms with E-state index in [2.05, 4.69) is 0 Å². The summed E-state index contributed by atoms with van der Waals surface area (Å²) < 4.78 is 11.7. The molecule has 0 saturated heterocycles. The SMILES string of the molecule is CP(C)(=O)c1ccc(CC(N)CO)cc1.Cl. The molecule has 0 aliphatic rings. The number of benzene rings is 1. The number of hydrogen-bond donors (Lipinski definition) is 2. The zero-order valence-corrected chi connectivity index (χ0v) is 11.3. The van der Waals surface area contributed by atoms with Crippen molar-refractivity contribution in [1.82, 2.24) is 0 Å². The molecule has 92 valence electrons. The minimum Gasteiger partial charge on any atom is -0.395 e. The van der Waals surface area contributed by atoms with E-state index >= 15 is 0 Å². The fourth-order valence-corrected chi connectivity index (χ4v) is 2.23. The van der Waals surface area contributed by atoms with Crippen LogP contribution in [0.2, 0.25) is 0 Å². The van der Waals surface area contributed by atoms with Crippen LogP contribution >= 0.6 is 19.5 Å². The average molecular weight is 264 g/mol. The van der Waals surface area contributed by atoms with Crippen LogP contribution < -0.4 is 11.0 Å². The summed E-state index contributed by atoms with van der Waals surface area (Å²) in [6, 6.07) is 7.38. The Bertz CT molecular complexity index is 361. The number of nitrogens with two attached hydrogens (primary N) is 1. The minimum atomic E-state index is -2.16. The zero-order chi connectivity index (χ0) is 11.5. The molecule has 0 bridgehead atoms. The lowest BCUT2D eigenvalue weighted by Gasteiger charge is -2.10. The van der Waals surface area contributed by atoms with Crippen molar-refractivity contribution < 1.29 is 9.67 Å². The summed E-state index contributed by atoms with van der Waals surface area (Å²) in [5.41, 5.74) is 6.69. The van der Waals surface area contributed by atoms with E-state index in [0.717, 1.165) is 10.9 Å². The topological polar surface area (TPSA) is 63.3 Å². The molecule has 5 heteroatoms. The highest BCUT2D eigenvalue weighted by Crippen LogP contribution is 2.34. The van der Waals surface area contributed by atoms with Crippen molar-refractivity contribution in [3.63, 3.8) is 0 Å². The average Bonchev–Trinajstić information content (AvgIpc) is 2.17. The highest BCUT2D eigenvalue weighted by atomic mass is 35.5. The van der Waals surface area contributed by atoms with Gasteiger partial charge in [0.25, 0.3) is 0 Å². The molecule has 1 atom stereocenters. The first-order valence-electron chi connectivity index (χ1n) is 4.94. The lowest BCUT2D eigenvalue weighted by Crippen LogP contribution is -2.26. The largest absolute Gasteiger partial charge is 0.395 e. The van der Waals surface area contributed by atoms with E-state index in [0.29, 0.717) is 6.42 Å². The van der Waals surface area contributed by atoms with Gasteiger partial charge in [0, 0.05) is 11.3 Å². The van der Waals surface area contributed by atoms with Crippen molar-refractivity contribution in [1.29, 1.82) is 0 Å². The Kier molecular flexibility index (Phi) is 6.27. The van der Waals surface area contributed by atoms with E-state index in [1.807, 2.05) is 24.3 Å². The molecule has 1 unspecified atom stereocenters. The van der Waals surface area contributed by atoms with Gasteiger partial charge >= 0.3 is 0 Å². The quantitative estimate of drug-likeness (QED) is 0.803. The molecule has 0 aliphatic carbocycles. The van der Waals surface area contributed by atoms with Crippen LogP contribution in [0.25, 0.3) is 0 Å². The second-order valence-electron chi connectivity index (χ2n) is 4.16. The first-order chi connectivity index (χ1) is 6.93. The molecule has 3 N–H and O–H groups in total. The lowest BCUT2D eigenvalue weighted by molar-refractivity contribution is 0.265. The van der Waals surface area contributed by atoms with Crippen LogP contribution in [0.4, 0.5) is 0 Å². The van der Waals surface area contributed by atoms with Gasteiger partial charge in [-0.15, -0.1) is 12.4 Å². The van der Waals surface area contributed by atoms with Crippen LogP contribution in [0.3, 0.4) is 0 Å². The number of hydrogen-bond acceptors (Lipinski definition) is 3. The fourth-order valence-electron chi connectivity index (χ4n) is 1.36. The van der Waals surface area contributed by atoms with E-state index in [9.17, 15) is 4.57 Å². The summed E-state index contributed by atoms with van der Waals surface area (Å²) in [4.78, 5) is 0. The summed E-state index contributed by atoms with van der Waals surface area (Å²) in [5.74, 6) is 0. The van der Waals surface area contributed by atoms with Crippen LogP contribution in [-0.4, -0.2) is 31.1 Å². The van der Waals surface area contributed by atoms with Gasteiger partial charge in [0.1, 0.15) is 7.14 Å². The molecule has 0 aromatic heterocycles. The first-order valence-corrected chi connectivity index (χ1v) is 7.54. The molecule has 1 aromatic rings. The molecule has 0 radical (unpaired) electrons. The summed E-state index contributed by atoms with van der Waals surface area (Å²) in [7, 11) is -2.16. The van der Waals surface area contributed by atoms with E-state index < -0.39 is 7.14 Å². The van der Waals surface area contributed by atoms with Gasteiger partial charge in [0.2, 0.25) is 0 Å². The molecular formula is C11H19ClNO2P. The number of aliphatic hydroxyl groups excluding tert-OH is 1. The fraction of sp³-hybridized carbons (Fsp3) is 0.455. The second kappa shape index (κ2) is 6.41. The van der Waals surface area contributed by atoms with Crippen molar-refractivity contribution in [3.8, 4) is 0 Å². The van der Waals surface area contributed by atoms with E-state index in [-0.39, 0.29) is 25.1 Å². The van der Waals surface area contributed by atoms with Gasteiger partial charge in [-0.3, -0.25) is 0 Å². The number of aliphatic hydroxyl groups is 1. The van der Waals surface area contributed by atoms with Gasteiger partial charge in [-0.25, -0.2) is 0 Å². The number of rotatable bonds is 4. The lowest BCUT2D eigenvalue weighted by atomic mass is 10.1. The van der Waals surface area contributed by atoms with Gasteiger partial charge in [0.15, 0.2) is 0 Å². The Morgan fingerprint density at radius 2 is 1.81 bits per heavy atom. The second-order valence-corrected chi connectivity index (χ2v) is 7.38. The highest BCUT2D eigenvalue weighted by molar-refractivity contribution is 7.70. The predicted octanol–water partition coefficient (Wildman–Crippen LogP) is 1.22. The van der Waals surface area contributed by atoms with Crippen molar-refractivity contribution in [3.05, 3.63) is 29.8 Å². The molecule has 0 aliphatic heterocycles. The summed E-state index contributed by atoms with van der Waals surface area (Å²) >= 11 is 0. The van der Waals surface area contributed by atoms with Gasteiger partial charge in [-0.2, -0.15) is 0 Å². The van der Waals surface area contributed by atoms with Crippen LogP contribution in [0.1, 0.15) is 5.56 Å².